The summed E-state index contributed by atoms with van der Waals surface area (Å²) in [6.45, 7) is 6.11. The lowest BCUT2D eigenvalue weighted by atomic mass is 9.88. The van der Waals surface area contributed by atoms with E-state index >= 15 is 0 Å². The first-order valence-corrected chi connectivity index (χ1v) is 9.53. The summed E-state index contributed by atoms with van der Waals surface area (Å²) in [4.78, 5) is 2.97. The lowest BCUT2D eigenvalue weighted by molar-refractivity contribution is 0.0786. The summed E-state index contributed by atoms with van der Waals surface area (Å²) >= 11 is 0. The van der Waals surface area contributed by atoms with Crippen molar-refractivity contribution in [2.24, 2.45) is 5.92 Å². The van der Waals surface area contributed by atoms with Crippen molar-refractivity contribution in [1.82, 2.24) is 4.90 Å². The Morgan fingerprint density at radius 3 is 1.70 bits per heavy atom. The van der Waals surface area contributed by atoms with E-state index in [0.29, 0.717) is 0 Å². The predicted molar refractivity (Wildman–Crippen MR) is 89.1 cm³/mol. The van der Waals surface area contributed by atoms with Gasteiger partial charge >= 0.3 is 0 Å². The topological polar surface area (TPSA) is 3.24 Å². The zero-order valence-electron chi connectivity index (χ0n) is 14.1. The summed E-state index contributed by atoms with van der Waals surface area (Å²) in [7, 11) is 0. The van der Waals surface area contributed by atoms with E-state index in [-0.39, 0.29) is 0 Å². The number of rotatable bonds is 7. The molecule has 0 bridgehead atoms. The van der Waals surface area contributed by atoms with Gasteiger partial charge in [0, 0.05) is 12.1 Å². The molecule has 2 saturated carbocycles. The van der Waals surface area contributed by atoms with Crippen molar-refractivity contribution >= 4 is 0 Å². The van der Waals surface area contributed by atoms with Gasteiger partial charge in [0.05, 0.1) is 0 Å². The zero-order valence-corrected chi connectivity index (χ0v) is 14.1. The van der Waals surface area contributed by atoms with Crippen LogP contribution in [0.2, 0.25) is 0 Å². The van der Waals surface area contributed by atoms with Crippen LogP contribution in [0.1, 0.15) is 97.3 Å². The highest BCUT2D eigenvalue weighted by Gasteiger charge is 2.28. The van der Waals surface area contributed by atoms with Crippen LogP contribution >= 0.6 is 0 Å². The van der Waals surface area contributed by atoms with Gasteiger partial charge in [0.25, 0.3) is 0 Å². The normalized spacial score (nSPS) is 22.8. The van der Waals surface area contributed by atoms with Gasteiger partial charge in [-0.15, -0.1) is 0 Å². The van der Waals surface area contributed by atoms with Crippen LogP contribution < -0.4 is 0 Å². The minimum atomic E-state index is 0.882. The van der Waals surface area contributed by atoms with Gasteiger partial charge in [-0.2, -0.15) is 0 Å². The van der Waals surface area contributed by atoms with Crippen molar-refractivity contribution in [2.45, 2.75) is 109 Å². The third kappa shape index (κ3) is 5.39. The van der Waals surface area contributed by atoms with Gasteiger partial charge in [0.1, 0.15) is 0 Å². The first kappa shape index (κ1) is 16.3. The van der Waals surface area contributed by atoms with Gasteiger partial charge in [-0.25, -0.2) is 0 Å². The Morgan fingerprint density at radius 1 is 0.750 bits per heavy atom. The fourth-order valence-electron chi connectivity index (χ4n) is 4.34. The summed E-state index contributed by atoms with van der Waals surface area (Å²) < 4.78 is 0. The fraction of sp³-hybridized carbons (Fsp3) is 1.00. The first-order chi connectivity index (χ1) is 9.77. The summed E-state index contributed by atoms with van der Waals surface area (Å²) in [5.74, 6) is 0.882. The molecule has 1 nitrogen and oxygen atoms in total. The Balaban J connectivity index is 1.81. The van der Waals surface area contributed by atoms with Crippen molar-refractivity contribution in [1.29, 1.82) is 0 Å². The third-order valence-corrected chi connectivity index (χ3v) is 5.54. The molecule has 2 aliphatic carbocycles. The fourth-order valence-corrected chi connectivity index (χ4v) is 4.34. The number of hydrogen-bond acceptors (Lipinski definition) is 1. The van der Waals surface area contributed by atoms with Crippen molar-refractivity contribution in [2.75, 3.05) is 6.54 Å². The van der Waals surface area contributed by atoms with E-state index in [2.05, 4.69) is 18.7 Å². The summed E-state index contributed by atoms with van der Waals surface area (Å²) in [6, 6.07) is 1.87. The Morgan fingerprint density at radius 2 is 1.25 bits per heavy atom. The summed E-state index contributed by atoms with van der Waals surface area (Å²) in [6.07, 6.45) is 19.2. The first-order valence-electron chi connectivity index (χ1n) is 9.53. The highest BCUT2D eigenvalue weighted by Crippen LogP contribution is 2.30. The van der Waals surface area contributed by atoms with Gasteiger partial charge in [0.2, 0.25) is 0 Å². The average Bonchev–Trinajstić information content (AvgIpc) is 2.49. The molecule has 20 heavy (non-hydrogen) atoms. The van der Waals surface area contributed by atoms with Crippen LogP contribution in [0.4, 0.5) is 0 Å². The maximum atomic E-state index is 2.97. The van der Waals surface area contributed by atoms with E-state index in [1.807, 2.05) is 0 Å². The molecule has 2 aliphatic rings. The van der Waals surface area contributed by atoms with Crippen LogP contribution in [0, 0.1) is 5.92 Å². The van der Waals surface area contributed by atoms with Gasteiger partial charge in [-0.3, -0.25) is 4.90 Å². The molecule has 1 heteroatoms. The van der Waals surface area contributed by atoms with Crippen LogP contribution in [-0.4, -0.2) is 23.5 Å². The van der Waals surface area contributed by atoms with Crippen molar-refractivity contribution in [3.63, 3.8) is 0 Å². The lowest BCUT2D eigenvalue weighted by Crippen LogP contribution is -2.45. The molecule has 0 unspecified atom stereocenters. The zero-order chi connectivity index (χ0) is 14.2. The molecule has 0 saturated heterocycles. The molecule has 0 amide bonds. The van der Waals surface area contributed by atoms with Crippen molar-refractivity contribution < 1.29 is 0 Å². The third-order valence-electron chi connectivity index (χ3n) is 5.54. The molecule has 0 heterocycles. The second-order valence-corrected chi connectivity index (χ2v) is 7.71. The number of nitrogens with zero attached hydrogens (tertiary/aromatic N) is 1. The quantitative estimate of drug-likeness (QED) is 0.534. The number of unbranched alkanes of at least 4 members (excludes halogenated alkanes) is 1. The van der Waals surface area contributed by atoms with Crippen LogP contribution in [0.25, 0.3) is 0 Å². The number of hydrogen-bond donors (Lipinski definition) is 0. The molecule has 2 rings (SSSR count). The summed E-state index contributed by atoms with van der Waals surface area (Å²) in [5, 5.41) is 0. The largest absolute Gasteiger partial charge is 0.297 e. The van der Waals surface area contributed by atoms with E-state index in [1.54, 1.807) is 0 Å². The van der Waals surface area contributed by atoms with E-state index in [4.69, 9.17) is 0 Å². The Hall–Kier alpha value is -0.0400. The molecule has 118 valence electrons. The van der Waals surface area contributed by atoms with E-state index in [0.717, 1.165) is 18.0 Å². The maximum Gasteiger partial charge on any atom is 0.00981 e. The minimum Gasteiger partial charge on any atom is -0.297 e. The molecule has 0 aromatic rings. The second-order valence-electron chi connectivity index (χ2n) is 7.71. The minimum absolute atomic E-state index is 0.882. The van der Waals surface area contributed by atoms with Crippen LogP contribution in [-0.2, 0) is 0 Å². The highest BCUT2D eigenvalue weighted by atomic mass is 15.2. The Kier molecular flexibility index (Phi) is 7.41. The molecule has 0 spiro atoms. The van der Waals surface area contributed by atoms with Crippen LogP contribution in [0.15, 0.2) is 0 Å². The molecular weight excluding hydrogens is 242 g/mol. The Labute approximate surface area is 127 Å². The van der Waals surface area contributed by atoms with Gasteiger partial charge in [0.15, 0.2) is 0 Å². The summed E-state index contributed by atoms with van der Waals surface area (Å²) in [5.41, 5.74) is 0. The molecule has 0 atom stereocenters. The molecule has 2 fully saturated rings. The average molecular weight is 280 g/mol. The van der Waals surface area contributed by atoms with Crippen molar-refractivity contribution in [3.05, 3.63) is 0 Å². The second kappa shape index (κ2) is 9.07. The smallest absolute Gasteiger partial charge is 0.00981 e. The molecule has 0 aromatic heterocycles. The SMILES string of the molecule is CC(C)CCCCN(C1CCCCC1)C1CCCCC1. The highest BCUT2D eigenvalue weighted by molar-refractivity contribution is 4.83. The predicted octanol–water partition coefficient (Wildman–Crippen LogP) is 5.78. The molecule has 0 aromatic carbocycles. The van der Waals surface area contributed by atoms with Gasteiger partial charge in [-0.1, -0.05) is 65.2 Å². The molecule has 0 aliphatic heterocycles. The molecular formula is C19H37N. The van der Waals surface area contributed by atoms with E-state index in [9.17, 15) is 0 Å². The van der Waals surface area contributed by atoms with Crippen LogP contribution in [0.3, 0.4) is 0 Å². The van der Waals surface area contributed by atoms with Crippen molar-refractivity contribution in [3.8, 4) is 0 Å². The van der Waals surface area contributed by atoms with Gasteiger partial charge < -0.3 is 0 Å². The van der Waals surface area contributed by atoms with E-state index < -0.39 is 0 Å². The lowest BCUT2D eigenvalue weighted by Gasteiger charge is -2.42. The maximum absolute atomic E-state index is 2.97. The molecule has 0 N–H and O–H groups in total. The monoisotopic (exact) mass is 279 g/mol. The van der Waals surface area contributed by atoms with E-state index in [1.165, 1.54) is 90.0 Å². The Bertz CT molecular complexity index is 218. The standard InChI is InChI=1S/C19H37N/c1-17(2)11-9-10-16-20(18-12-5-3-6-13-18)19-14-7-4-8-15-19/h17-19H,3-16H2,1-2H3. The molecule has 0 radical (unpaired) electrons. The van der Waals surface area contributed by atoms with Gasteiger partial charge in [-0.05, 0) is 44.6 Å². The van der Waals surface area contributed by atoms with Crippen LogP contribution in [0.5, 0.6) is 0 Å².